The SMILES string of the molecule is C[C@]12CCC3C(CC=C4CCC(OC5CCCCO5)C[C@@]43CO)C1CC[C@@H]2O. The van der Waals surface area contributed by atoms with Crippen molar-refractivity contribution in [3.05, 3.63) is 11.6 Å². The lowest BCUT2D eigenvalue weighted by molar-refractivity contribution is -0.204. The fourth-order valence-corrected chi connectivity index (χ4v) is 7.89. The van der Waals surface area contributed by atoms with E-state index < -0.39 is 0 Å². The van der Waals surface area contributed by atoms with Crippen LogP contribution in [0.4, 0.5) is 0 Å². The highest BCUT2D eigenvalue weighted by atomic mass is 16.7. The first-order valence-corrected chi connectivity index (χ1v) is 11.8. The van der Waals surface area contributed by atoms with Crippen LogP contribution in [0.1, 0.15) is 77.6 Å². The van der Waals surface area contributed by atoms with E-state index in [4.69, 9.17) is 9.47 Å². The molecule has 0 radical (unpaired) electrons. The molecule has 3 saturated carbocycles. The Morgan fingerprint density at radius 2 is 2.04 bits per heavy atom. The molecule has 0 aromatic heterocycles. The van der Waals surface area contributed by atoms with Crippen LogP contribution in [0.2, 0.25) is 0 Å². The Labute approximate surface area is 169 Å². The Morgan fingerprint density at radius 3 is 2.82 bits per heavy atom. The number of ether oxygens (including phenoxy) is 2. The van der Waals surface area contributed by atoms with Crippen molar-refractivity contribution >= 4 is 0 Å². The van der Waals surface area contributed by atoms with Gasteiger partial charge in [-0.3, -0.25) is 0 Å². The number of rotatable bonds is 3. The van der Waals surface area contributed by atoms with E-state index in [9.17, 15) is 10.2 Å². The van der Waals surface area contributed by atoms with Crippen LogP contribution in [0.3, 0.4) is 0 Å². The van der Waals surface area contributed by atoms with Crippen molar-refractivity contribution in [3.8, 4) is 0 Å². The zero-order valence-corrected chi connectivity index (χ0v) is 17.4. The summed E-state index contributed by atoms with van der Waals surface area (Å²) in [7, 11) is 0. The van der Waals surface area contributed by atoms with Gasteiger partial charge in [-0.05, 0) is 93.8 Å². The molecule has 158 valence electrons. The highest BCUT2D eigenvalue weighted by Crippen LogP contribution is 2.65. The van der Waals surface area contributed by atoms with Crippen molar-refractivity contribution in [1.82, 2.24) is 0 Å². The summed E-state index contributed by atoms with van der Waals surface area (Å²) >= 11 is 0. The summed E-state index contributed by atoms with van der Waals surface area (Å²) in [5.41, 5.74) is 1.49. The van der Waals surface area contributed by atoms with Crippen LogP contribution in [0.25, 0.3) is 0 Å². The number of fused-ring (bicyclic) bond motifs is 5. The number of allylic oxidation sites excluding steroid dienone is 1. The predicted octanol–water partition coefficient (Wildman–Crippen LogP) is 4.19. The molecule has 4 fully saturated rings. The largest absolute Gasteiger partial charge is 0.395 e. The molecule has 0 amide bonds. The molecule has 5 rings (SSSR count). The van der Waals surface area contributed by atoms with Crippen LogP contribution in [0, 0.1) is 28.6 Å². The lowest BCUT2D eigenvalue weighted by Crippen LogP contribution is -2.54. The third kappa shape index (κ3) is 2.93. The third-order valence-corrected chi connectivity index (χ3v) is 9.46. The van der Waals surface area contributed by atoms with Gasteiger partial charge >= 0.3 is 0 Å². The molecule has 28 heavy (non-hydrogen) atoms. The number of aliphatic hydroxyl groups is 2. The minimum atomic E-state index is -0.139. The van der Waals surface area contributed by atoms with Crippen molar-refractivity contribution in [2.45, 2.75) is 96.1 Å². The molecular weight excluding hydrogens is 352 g/mol. The minimum Gasteiger partial charge on any atom is -0.395 e. The second kappa shape index (κ2) is 7.37. The summed E-state index contributed by atoms with van der Waals surface area (Å²) in [6.45, 7) is 3.39. The molecule has 4 heteroatoms. The second-order valence-electron chi connectivity index (χ2n) is 10.6. The first-order chi connectivity index (χ1) is 13.6. The van der Waals surface area contributed by atoms with E-state index in [1.807, 2.05) is 0 Å². The molecule has 0 aromatic carbocycles. The van der Waals surface area contributed by atoms with Crippen LogP contribution in [0.15, 0.2) is 11.6 Å². The van der Waals surface area contributed by atoms with Crippen molar-refractivity contribution in [2.24, 2.45) is 28.6 Å². The van der Waals surface area contributed by atoms with E-state index in [-0.39, 0.29) is 35.9 Å². The quantitative estimate of drug-likeness (QED) is 0.709. The smallest absolute Gasteiger partial charge is 0.157 e. The van der Waals surface area contributed by atoms with E-state index in [0.29, 0.717) is 17.8 Å². The van der Waals surface area contributed by atoms with Crippen LogP contribution < -0.4 is 0 Å². The van der Waals surface area contributed by atoms with E-state index in [2.05, 4.69) is 13.0 Å². The van der Waals surface area contributed by atoms with Crippen LogP contribution in [0.5, 0.6) is 0 Å². The summed E-state index contributed by atoms with van der Waals surface area (Å²) in [5, 5.41) is 21.4. The van der Waals surface area contributed by atoms with Gasteiger partial charge in [0.25, 0.3) is 0 Å². The van der Waals surface area contributed by atoms with E-state index in [1.165, 1.54) is 12.0 Å². The Morgan fingerprint density at radius 1 is 1.14 bits per heavy atom. The minimum absolute atomic E-state index is 0.0426. The second-order valence-corrected chi connectivity index (χ2v) is 10.6. The standard InChI is InChI=1S/C24H38O4/c1-23-12-11-20-18(19(23)9-10-21(23)26)8-6-16-5-7-17(14-24(16,20)15-25)28-22-4-2-3-13-27-22/h6,17-22,25-26H,2-5,7-15H2,1H3/t17?,18?,19?,20?,21-,22?,23-,24+/m0/s1. The third-order valence-electron chi connectivity index (χ3n) is 9.46. The van der Waals surface area contributed by atoms with Gasteiger partial charge in [-0.15, -0.1) is 0 Å². The van der Waals surface area contributed by atoms with Gasteiger partial charge in [0.1, 0.15) is 0 Å². The average molecular weight is 391 g/mol. The molecule has 0 aromatic rings. The molecule has 4 nitrogen and oxygen atoms in total. The Kier molecular flexibility index (Phi) is 5.14. The number of hydrogen-bond acceptors (Lipinski definition) is 4. The van der Waals surface area contributed by atoms with Crippen molar-refractivity contribution < 1.29 is 19.7 Å². The zero-order chi connectivity index (χ0) is 19.4. The van der Waals surface area contributed by atoms with Crippen LogP contribution in [-0.4, -0.2) is 41.9 Å². The maximum atomic E-state index is 10.7. The zero-order valence-electron chi connectivity index (χ0n) is 17.4. The molecule has 8 atom stereocenters. The summed E-state index contributed by atoms with van der Waals surface area (Å²) in [5.74, 6) is 1.75. The van der Waals surface area contributed by atoms with Gasteiger partial charge in [-0.25, -0.2) is 0 Å². The molecule has 4 aliphatic carbocycles. The number of aliphatic hydroxyl groups excluding tert-OH is 2. The fourth-order valence-electron chi connectivity index (χ4n) is 7.89. The topological polar surface area (TPSA) is 58.9 Å². The van der Waals surface area contributed by atoms with E-state index >= 15 is 0 Å². The summed E-state index contributed by atoms with van der Waals surface area (Å²) in [6.07, 6.45) is 14.4. The summed E-state index contributed by atoms with van der Waals surface area (Å²) < 4.78 is 12.3. The van der Waals surface area contributed by atoms with Crippen molar-refractivity contribution in [1.29, 1.82) is 0 Å². The predicted molar refractivity (Wildman–Crippen MR) is 108 cm³/mol. The van der Waals surface area contributed by atoms with Gasteiger partial charge in [0.2, 0.25) is 0 Å². The summed E-state index contributed by atoms with van der Waals surface area (Å²) in [4.78, 5) is 0. The molecule has 5 unspecified atom stereocenters. The van der Waals surface area contributed by atoms with Gasteiger partial charge in [0.15, 0.2) is 6.29 Å². The fraction of sp³-hybridized carbons (Fsp3) is 0.917. The average Bonchev–Trinajstić information content (AvgIpc) is 3.03. The Balaban J connectivity index is 1.38. The van der Waals surface area contributed by atoms with Gasteiger partial charge < -0.3 is 19.7 Å². The molecule has 1 aliphatic heterocycles. The monoisotopic (exact) mass is 390 g/mol. The Hall–Kier alpha value is -0.420. The van der Waals surface area contributed by atoms with Gasteiger partial charge in [0, 0.05) is 12.0 Å². The van der Waals surface area contributed by atoms with E-state index in [1.54, 1.807) is 0 Å². The molecule has 2 N–H and O–H groups in total. The molecule has 1 saturated heterocycles. The van der Waals surface area contributed by atoms with Gasteiger partial charge in [0.05, 0.1) is 18.8 Å². The van der Waals surface area contributed by atoms with Crippen LogP contribution in [-0.2, 0) is 9.47 Å². The Bertz CT molecular complexity index is 612. The molecule has 1 heterocycles. The molecule has 5 aliphatic rings. The maximum Gasteiger partial charge on any atom is 0.157 e. The molecule has 0 bridgehead atoms. The summed E-state index contributed by atoms with van der Waals surface area (Å²) in [6, 6.07) is 0. The molecule has 0 spiro atoms. The van der Waals surface area contributed by atoms with Crippen molar-refractivity contribution in [2.75, 3.05) is 13.2 Å². The number of hydrogen-bond donors (Lipinski definition) is 2. The first kappa shape index (κ1) is 19.5. The van der Waals surface area contributed by atoms with Crippen molar-refractivity contribution in [3.63, 3.8) is 0 Å². The van der Waals surface area contributed by atoms with Gasteiger partial charge in [-0.2, -0.15) is 0 Å². The lowest BCUT2D eigenvalue weighted by Gasteiger charge is -2.58. The van der Waals surface area contributed by atoms with Gasteiger partial charge in [-0.1, -0.05) is 18.6 Å². The lowest BCUT2D eigenvalue weighted by atomic mass is 9.47. The first-order valence-electron chi connectivity index (χ1n) is 11.8. The maximum absolute atomic E-state index is 10.7. The molecular formula is C24H38O4. The normalized spacial score (nSPS) is 51.0. The van der Waals surface area contributed by atoms with E-state index in [0.717, 1.165) is 70.8 Å². The van der Waals surface area contributed by atoms with Crippen LogP contribution >= 0.6 is 0 Å². The highest BCUT2D eigenvalue weighted by Gasteiger charge is 2.60. The highest BCUT2D eigenvalue weighted by molar-refractivity contribution is 5.26.